The van der Waals surface area contributed by atoms with Crippen molar-refractivity contribution in [1.82, 2.24) is 0 Å². The van der Waals surface area contributed by atoms with E-state index < -0.39 is 0 Å². The molecule has 1 fully saturated rings. The molecule has 0 atom stereocenters. The van der Waals surface area contributed by atoms with Gasteiger partial charge >= 0.3 is 0 Å². The van der Waals surface area contributed by atoms with Gasteiger partial charge in [-0.1, -0.05) is 50.2 Å². The second kappa shape index (κ2) is 5.21. The first-order valence-corrected chi connectivity index (χ1v) is 6.93. The van der Waals surface area contributed by atoms with E-state index in [1.807, 2.05) is 0 Å². The largest absolute Gasteiger partial charge is 0.151 e. The Bertz CT molecular complexity index is 411. The molecule has 0 aliphatic heterocycles. The molecule has 0 spiro atoms. The molecular formula is C16H23NO. The zero-order valence-electron chi connectivity index (χ0n) is 11.6. The summed E-state index contributed by atoms with van der Waals surface area (Å²) in [5, 5.41) is 3.18. The van der Waals surface area contributed by atoms with Crippen molar-refractivity contribution in [2.45, 2.75) is 63.8 Å². The zero-order chi connectivity index (χ0) is 13.2. The van der Waals surface area contributed by atoms with Gasteiger partial charge in [-0.3, -0.25) is 0 Å². The van der Waals surface area contributed by atoms with E-state index >= 15 is 0 Å². The van der Waals surface area contributed by atoms with Crippen LogP contribution >= 0.6 is 0 Å². The number of nitroso groups, excluding NO2 is 1. The first-order chi connectivity index (χ1) is 8.50. The van der Waals surface area contributed by atoms with Crippen LogP contribution in [0.5, 0.6) is 0 Å². The summed E-state index contributed by atoms with van der Waals surface area (Å²) < 4.78 is 0. The lowest BCUT2D eigenvalue weighted by Gasteiger charge is -2.27. The lowest BCUT2D eigenvalue weighted by Crippen LogP contribution is -2.16. The zero-order valence-corrected chi connectivity index (χ0v) is 11.6. The second-order valence-corrected chi connectivity index (χ2v) is 6.49. The number of rotatable bonds is 2. The Morgan fingerprint density at radius 1 is 1.11 bits per heavy atom. The van der Waals surface area contributed by atoms with Crippen LogP contribution in [0, 0.1) is 4.91 Å². The average Bonchev–Trinajstić information content (AvgIpc) is 2.38. The third-order valence-corrected chi connectivity index (χ3v) is 4.07. The molecule has 0 heterocycles. The van der Waals surface area contributed by atoms with Crippen LogP contribution in [0.4, 0.5) is 0 Å². The maximum atomic E-state index is 10.5. The van der Waals surface area contributed by atoms with Crippen LogP contribution < -0.4 is 0 Å². The van der Waals surface area contributed by atoms with E-state index in [-0.39, 0.29) is 11.5 Å². The van der Waals surface area contributed by atoms with Gasteiger partial charge in [0.2, 0.25) is 0 Å². The van der Waals surface area contributed by atoms with E-state index in [1.54, 1.807) is 0 Å². The Balaban J connectivity index is 2.12. The molecule has 18 heavy (non-hydrogen) atoms. The van der Waals surface area contributed by atoms with Gasteiger partial charge in [0, 0.05) is 0 Å². The van der Waals surface area contributed by atoms with Crippen molar-refractivity contribution in [3.05, 3.63) is 40.3 Å². The summed E-state index contributed by atoms with van der Waals surface area (Å²) in [6.45, 7) is 6.75. The Kier molecular flexibility index (Phi) is 3.84. The molecule has 1 saturated carbocycles. The number of hydrogen-bond acceptors (Lipinski definition) is 2. The second-order valence-electron chi connectivity index (χ2n) is 6.49. The monoisotopic (exact) mass is 245 g/mol. The van der Waals surface area contributed by atoms with Crippen LogP contribution in [0.3, 0.4) is 0 Å². The van der Waals surface area contributed by atoms with Gasteiger partial charge in [-0.15, -0.1) is 0 Å². The van der Waals surface area contributed by atoms with Crippen molar-refractivity contribution < 1.29 is 0 Å². The maximum Gasteiger partial charge on any atom is 0.0920 e. The molecule has 0 unspecified atom stereocenters. The molecule has 2 nitrogen and oxygen atoms in total. The molecule has 2 heteroatoms. The highest BCUT2D eigenvalue weighted by atomic mass is 16.3. The summed E-state index contributed by atoms with van der Waals surface area (Å²) in [5.74, 6) is 0.616. The van der Waals surface area contributed by atoms with Crippen molar-refractivity contribution in [3.63, 3.8) is 0 Å². The molecule has 0 aromatic heterocycles. The molecule has 0 bridgehead atoms. The van der Waals surface area contributed by atoms with Gasteiger partial charge in [-0.2, -0.15) is 4.91 Å². The molecular weight excluding hydrogens is 222 g/mol. The number of nitrogens with zero attached hydrogens (tertiary/aromatic N) is 1. The van der Waals surface area contributed by atoms with Crippen molar-refractivity contribution in [2.24, 2.45) is 5.18 Å². The van der Waals surface area contributed by atoms with Gasteiger partial charge in [-0.05, 0) is 48.1 Å². The SMILES string of the molecule is CC(C)(C)c1cccc(C2CCC(N=O)CC2)c1. The number of benzene rings is 1. The fourth-order valence-corrected chi connectivity index (χ4v) is 2.77. The Labute approximate surface area is 110 Å². The van der Waals surface area contributed by atoms with Gasteiger partial charge in [0.1, 0.15) is 0 Å². The van der Waals surface area contributed by atoms with Crippen molar-refractivity contribution in [3.8, 4) is 0 Å². The summed E-state index contributed by atoms with van der Waals surface area (Å²) in [4.78, 5) is 10.5. The summed E-state index contributed by atoms with van der Waals surface area (Å²) in [6, 6.07) is 9.02. The van der Waals surface area contributed by atoms with Gasteiger partial charge in [0.05, 0.1) is 6.04 Å². The predicted molar refractivity (Wildman–Crippen MR) is 75.9 cm³/mol. The standard InChI is InChI=1S/C16H23NO/c1-16(2,3)14-6-4-5-13(11-14)12-7-9-15(17-18)10-8-12/h4-6,11-12,15H,7-10H2,1-3H3. The van der Waals surface area contributed by atoms with E-state index in [0.29, 0.717) is 5.92 Å². The molecule has 98 valence electrons. The molecule has 1 aliphatic carbocycles. The van der Waals surface area contributed by atoms with Crippen LogP contribution in [0.1, 0.15) is 63.5 Å². The van der Waals surface area contributed by atoms with Crippen molar-refractivity contribution in [2.75, 3.05) is 0 Å². The Morgan fingerprint density at radius 3 is 2.33 bits per heavy atom. The average molecular weight is 245 g/mol. The van der Waals surface area contributed by atoms with E-state index in [0.717, 1.165) is 25.7 Å². The molecule has 1 aromatic carbocycles. The van der Waals surface area contributed by atoms with Crippen molar-refractivity contribution >= 4 is 0 Å². The van der Waals surface area contributed by atoms with E-state index in [1.165, 1.54) is 11.1 Å². The van der Waals surface area contributed by atoms with Gasteiger partial charge in [0.25, 0.3) is 0 Å². The minimum atomic E-state index is 0.0621. The highest BCUT2D eigenvalue weighted by Gasteiger charge is 2.23. The fraction of sp³-hybridized carbons (Fsp3) is 0.625. The van der Waals surface area contributed by atoms with E-state index in [2.05, 4.69) is 50.2 Å². The maximum absolute atomic E-state index is 10.5. The van der Waals surface area contributed by atoms with Crippen LogP contribution in [-0.2, 0) is 5.41 Å². The molecule has 0 saturated heterocycles. The minimum Gasteiger partial charge on any atom is -0.151 e. The van der Waals surface area contributed by atoms with Gasteiger partial charge in [0.15, 0.2) is 0 Å². The lowest BCUT2D eigenvalue weighted by atomic mass is 9.79. The Morgan fingerprint density at radius 2 is 1.78 bits per heavy atom. The third kappa shape index (κ3) is 2.98. The fourth-order valence-electron chi connectivity index (χ4n) is 2.77. The minimum absolute atomic E-state index is 0.0621. The third-order valence-electron chi connectivity index (χ3n) is 4.07. The van der Waals surface area contributed by atoms with E-state index in [9.17, 15) is 4.91 Å². The topological polar surface area (TPSA) is 29.4 Å². The first-order valence-electron chi connectivity index (χ1n) is 6.93. The predicted octanol–water partition coefficient (Wildman–Crippen LogP) is 4.78. The summed E-state index contributed by atoms with van der Waals surface area (Å²) >= 11 is 0. The van der Waals surface area contributed by atoms with Crippen molar-refractivity contribution in [1.29, 1.82) is 0 Å². The normalized spacial score (nSPS) is 24.8. The first kappa shape index (κ1) is 13.3. The molecule has 1 aromatic rings. The molecule has 1 aliphatic rings. The quantitative estimate of drug-likeness (QED) is 0.690. The van der Waals surface area contributed by atoms with Gasteiger partial charge < -0.3 is 0 Å². The van der Waals surface area contributed by atoms with Crippen LogP contribution in [0.25, 0.3) is 0 Å². The molecule has 0 radical (unpaired) electrons. The van der Waals surface area contributed by atoms with Crippen LogP contribution in [0.15, 0.2) is 29.4 Å². The number of hydrogen-bond donors (Lipinski definition) is 0. The molecule has 0 N–H and O–H groups in total. The summed E-state index contributed by atoms with van der Waals surface area (Å²) in [7, 11) is 0. The lowest BCUT2D eigenvalue weighted by molar-refractivity contribution is 0.395. The Hall–Kier alpha value is -1.18. The highest BCUT2D eigenvalue weighted by Crippen LogP contribution is 2.35. The highest BCUT2D eigenvalue weighted by molar-refractivity contribution is 5.31. The van der Waals surface area contributed by atoms with Crippen LogP contribution in [0.2, 0.25) is 0 Å². The van der Waals surface area contributed by atoms with Crippen LogP contribution in [-0.4, -0.2) is 6.04 Å². The summed E-state index contributed by atoms with van der Waals surface area (Å²) in [6.07, 6.45) is 4.11. The molecule has 2 rings (SSSR count). The van der Waals surface area contributed by atoms with Gasteiger partial charge in [-0.25, -0.2) is 0 Å². The summed E-state index contributed by atoms with van der Waals surface area (Å²) in [5.41, 5.74) is 3.04. The molecule has 0 amide bonds. The van der Waals surface area contributed by atoms with E-state index in [4.69, 9.17) is 0 Å². The smallest absolute Gasteiger partial charge is 0.0920 e.